The van der Waals surface area contributed by atoms with Crippen molar-refractivity contribution in [3.63, 3.8) is 0 Å². The lowest BCUT2D eigenvalue weighted by Gasteiger charge is -2.40. The first-order chi connectivity index (χ1) is 9.29. The van der Waals surface area contributed by atoms with Crippen LogP contribution in [-0.2, 0) is 0 Å². The summed E-state index contributed by atoms with van der Waals surface area (Å²) in [5.41, 5.74) is 7.96. The average Bonchev–Trinajstić information content (AvgIpc) is 2.37. The second-order valence-electron chi connectivity index (χ2n) is 6.66. The molecule has 110 valence electrons. The van der Waals surface area contributed by atoms with Crippen molar-refractivity contribution in [2.75, 3.05) is 18.0 Å². The van der Waals surface area contributed by atoms with Crippen LogP contribution in [-0.4, -0.2) is 18.1 Å². The van der Waals surface area contributed by atoms with Gasteiger partial charge in [0.1, 0.15) is 4.99 Å². The summed E-state index contributed by atoms with van der Waals surface area (Å²) in [5.74, 6) is 0.786. The van der Waals surface area contributed by atoms with Gasteiger partial charge in [0.05, 0.1) is 10.7 Å². The fourth-order valence-corrected chi connectivity index (χ4v) is 3.33. The molecule has 4 heteroatoms. The Balaban J connectivity index is 2.09. The lowest BCUT2D eigenvalue weighted by molar-refractivity contribution is 0.199. The van der Waals surface area contributed by atoms with E-state index in [1.54, 1.807) is 0 Å². The van der Waals surface area contributed by atoms with Gasteiger partial charge in [0.2, 0.25) is 0 Å². The topological polar surface area (TPSA) is 29.3 Å². The molecule has 1 heterocycles. The van der Waals surface area contributed by atoms with Crippen molar-refractivity contribution in [2.24, 2.45) is 17.1 Å². The van der Waals surface area contributed by atoms with E-state index < -0.39 is 0 Å². The highest BCUT2D eigenvalue weighted by Gasteiger charge is 2.29. The average molecular weight is 311 g/mol. The summed E-state index contributed by atoms with van der Waals surface area (Å²) in [4.78, 5) is 2.76. The molecule has 0 aliphatic carbocycles. The predicted molar refractivity (Wildman–Crippen MR) is 91.7 cm³/mol. The zero-order valence-electron chi connectivity index (χ0n) is 12.4. The van der Waals surface area contributed by atoms with Crippen LogP contribution in [0.15, 0.2) is 18.2 Å². The first-order valence-electron chi connectivity index (χ1n) is 7.13. The predicted octanol–water partition coefficient (Wildman–Crippen LogP) is 4.24. The van der Waals surface area contributed by atoms with Crippen LogP contribution in [0.3, 0.4) is 0 Å². The Bertz CT molecular complexity index is 500. The highest BCUT2D eigenvalue weighted by Crippen LogP contribution is 2.37. The Kier molecular flexibility index (Phi) is 4.60. The minimum atomic E-state index is 0.393. The van der Waals surface area contributed by atoms with Crippen LogP contribution in [0.2, 0.25) is 5.02 Å². The van der Waals surface area contributed by atoms with E-state index in [1.807, 2.05) is 18.2 Å². The lowest BCUT2D eigenvalue weighted by atomic mass is 9.75. The van der Waals surface area contributed by atoms with Crippen molar-refractivity contribution in [1.29, 1.82) is 0 Å². The molecule has 1 saturated heterocycles. The van der Waals surface area contributed by atoms with Gasteiger partial charge in [-0.3, -0.25) is 0 Å². The number of hydrogen-bond acceptors (Lipinski definition) is 2. The van der Waals surface area contributed by atoms with Gasteiger partial charge < -0.3 is 10.6 Å². The van der Waals surface area contributed by atoms with Gasteiger partial charge in [-0.1, -0.05) is 44.6 Å². The van der Waals surface area contributed by atoms with Crippen LogP contribution in [0.4, 0.5) is 5.69 Å². The van der Waals surface area contributed by atoms with Gasteiger partial charge in [0, 0.05) is 18.7 Å². The van der Waals surface area contributed by atoms with Crippen molar-refractivity contribution < 1.29 is 0 Å². The molecule has 2 rings (SSSR count). The third-order valence-electron chi connectivity index (χ3n) is 4.29. The third kappa shape index (κ3) is 3.44. The number of halogens is 1. The van der Waals surface area contributed by atoms with Crippen molar-refractivity contribution >= 4 is 34.5 Å². The van der Waals surface area contributed by atoms with Gasteiger partial charge >= 0.3 is 0 Å². The van der Waals surface area contributed by atoms with Crippen LogP contribution in [0.25, 0.3) is 0 Å². The summed E-state index contributed by atoms with van der Waals surface area (Å²) < 4.78 is 0. The molecular formula is C16H23ClN2S. The molecular weight excluding hydrogens is 288 g/mol. The van der Waals surface area contributed by atoms with Crippen molar-refractivity contribution in [2.45, 2.75) is 33.6 Å². The number of thiocarbonyl (C=S) groups is 1. The van der Waals surface area contributed by atoms with E-state index >= 15 is 0 Å². The van der Waals surface area contributed by atoms with Gasteiger partial charge in [-0.05, 0) is 42.4 Å². The Morgan fingerprint density at radius 3 is 2.35 bits per heavy atom. The van der Waals surface area contributed by atoms with Gasteiger partial charge in [0.25, 0.3) is 0 Å². The molecule has 0 atom stereocenters. The monoisotopic (exact) mass is 310 g/mol. The van der Waals surface area contributed by atoms with Crippen LogP contribution in [0.1, 0.15) is 39.2 Å². The standard InChI is InChI=1S/C16H23ClN2S/c1-16(2,3)12-6-8-19(9-7-12)14-5-4-11(15(18)20)10-13(14)17/h4-5,10,12H,6-9H2,1-3H3,(H2,18,20). The summed E-state index contributed by atoms with van der Waals surface area (Å²) in [6.07, 6.45) is 2.44. The van der Waals surface area contributed by atoms with E-state index in [9.17, 15) is 0 Å². The second-order valence-corrected chi connectivity index (χ2v) is 7.50. The van der Waals surface area contributed by atoms with E-state index in [2.05, 4.69) is 25.7 Å². The maximum Gasteiger partial charge on any atom is 0.104 e. The summed E-state index contributed by atoms with van der Waals surface area (Å²) >= 11 is 11.4. The number of rotatable bonds is 2. The third-order valence-corrected chi connectivity index (χ3v) is 4.83. The van der Waals surface area contributed by atoms with E-state index in [0.29, 0.717) is 10.4 Å². The highest BCUT2D eigenvalue weighted by atomic mass is 35.5. The minimum Gasteiger partial charge on any atom is -0.389 e. The Labute approximate surface area is 132 Å². The number of hydrogen-bond donors (Lipinski definition) is 1. The van der Waals surface area contributed by atoms with E-state index in [1.165, 1.54) is 12.8 Å². The maximum atomic E-state index is 6.38. The highest BCUT2D eigenvalue weighted by molar-refractivity contribution is 7.80. The molecule has 0 aromatic heterocycles. The largest absolute Gasteiger partial charge is 0.389 e. The van der Waals surface area contributed by atoms with Gasteiger partial charge in [0.15, 0.2) is 0 Å². The zero-order valence-corrected chi connectivity index (χ0v) is 14.0. The molecule has 20 heavy (non-hydrogen) atoms. The van der Waals surface area contributed by atoms with Crippen LogP contribution in [0, 0.1) is 11.3 Å². The van der Waals surface area contributed by atoms with Gasteiger partial charge in [-0.25, -0.2) is 0 Å². The van der Waals surface area contributed by atoms with Crippen molar-refractivity contribution in [1.82, 2.24) is 0 Å². The lowest BCUT2D eigenvalue weighted by Crippen LogP contribution is -2.38. The first kappa shape index (κ1) is 15.6. The molecule has 2 N–H and O–H groups in total. The van der Waals surface area contributed by atoms with E-state index in [-0.39, 0.29) is 0 Å². The molecule has 0 radical (unpaired) electrons. The Hall–Kier alpha value is -0.800. The van der Waals surface area contributed by atoms with E-state index in [4.69, 9.17) is 29.6 Å². The fraction of sp³-hybridized carbons (Fsp3) is 0.562. The summed E-state index contributed by atoms with van der Waals surface area (Å²) in [5, 5.41) is 0.740. The number of anilines is 1. The molecule has 1 aliphatic rings. The number of nitrogens with two attached hydrogens (primary N) is 1. The van der Waals surface area contributed by atoms with Gasteiger partial charge in [-0.2, -0.15) is 0 Å². The van der Waals surface area contributed by atoms with Crippen LogP contribution >= 0.6 is 23.8 Å². The second kappa shape index (κ2) is 5.90. The molecule has 0 spiro atoms. The van der Waals surface area contributed by atoms with Crippen molar-refractivity contribution in [3.8, 4) is 0 Å². The first-order valence-corrected chi connectivity index (χ1v) is 7.92. The number of piperidine rings is 1. The molecule has 1 aromatic rings. The quantitative estimate of drug-likeness (QED) is 0.829. The SMILES string of the molecule is CC(C)(C)C1CCN(c2ccc(C(N)=S)cc2Cl)CC1. The summed E-state index contributed by atoms with van der Waals surface area (Å²) in [7, 11) is 0. The summed E-state index contributed by atoms with van der Waals surface area (Å²) in [6, 6.07) is 5.86. The normalized spacial score (nSPS) is 17.3. The molecule has 0 amide bonds. The molecule has 2 nitrogen and oxygen atoms in total. The molecule has 1 aromatic carbocycles. The molecule has 0 unspecified atom stereocenters. The molecule has 1 aliphatic heterocycles. The number of nitrogens with zero attached hydrogens (tertiary/aromatic N) is 1. The van der Waals surface area contributed by atoms with Crippen LogP contribution < -0.4 is 10.6 Å². The van der Waals surface area contributed by atoms with Crippen LogP contribution in [0.5, 0.6) is 0 Å². The van der Waals surface area contributed by atoms with Gasteiger partial charge in [-0.15, -0.1) is 0 Å². The maximum absolute atomic E-state index is 6.38. The molecule has 1 fully saturated rings. The zero-order chi connectivity index (χ0) is 14.9. The summed E-state index contributed by atoms with van der Waals surface area (Å²) in [6.45, 7) is 9.12. The Morgan fingerprint density at radius 1 is 1.30 bits per heavy atom. The molecule has 0 bridgehead atoms. The minimum absolute atomic E-state index is 0.393. The number of benzene rings is 1. The van der Waals surface area contributed by atoms with E-state index in [0.717, 1.165) is 35.3 Å². The fourth-order valence-electron chi connectivity index (χ4n) is 2.90. The smallest absolute Gasteiger partial charge is 0.104 e. The van der Waals surface area contributed by atoms with Crippen molar-refractivity contribution in [3.05, 3.63) is 28.8 Å². The molecule has 0 saturated carbocycles. The Morgan fingerprint density at radius 2 is 1.90 bits per heavy atom.